The van der Waals surface area contributed by atoms with Crippen molar-refractivity contribution in [2.75, 3.05) is 18.0 Å². The van der Waals surface area contributed by atoms with Crippen LogP contribution in [-0.2, 0) is 0 Å². The highest BCUT2D eigenvalue weighted by molar-refractivity contribution is 5.94. The summed E-state index contributed by atoms with van der Waals surface area (Å²) in [5.74, 6) is 1.91. The smallest absolute Gasteiger partial charge is 0.129 e. The number of aromatic nitrogens is 3. The molecule has 3 heterocycles. The van der Waals surface area contributed by atoms with Gasteiger partial charge in [-0.05, 0) is 57.0 Å². The van der Waals surface area contributed by atoms with Crippen molar-refractivity contribution in [3.8, 4) is 17.0 Å². The Bertz CT molecular complexity index is 849. The summed E-state index contributed by atoms with van der Waals surface area (Å²) < 4.78 is 5.83. The summed E-state index contributed by atoms with van der Waals surface area (Å²) in [4.78, 5) is 6.87. The van der Waals surface area contributed by atoms with Crippen LogP contribution in [0.1, 0.15) is 26.7 Å². The van der Waals surface area contributed by atoms with Crippen LogP contribution in [0.3, 0.4) is 0 Å². The lowest BCUT2D eigenvalue weighted by Crippen LogP contribution is -2.18. The number of H-pyrrole nitrogens is 1. The molecule has 0 unspecified atom stereocenters. The third kappa shape index (κ3) is 2.82. The van der Waals surface area contributed by atoms with Crippen molar-refractivity contribution in [3.05, 3.63) is 36.5 Å². The summed E-state index contributed by atoms with van der Waals surface area (Å²) in [7, 11) is 0. The normalized spacial score (nSPS) is 14.7. The van der Waals surface area contributed by atoms with Gasteiger partial charge < -0.3 is 9.64 Å². The molecule has 1 aromatic carbocycles. The number of anilines is 1. The van der Waals surface area contributed by atoms with Crippen molar-refractivity contribution in [1.82, 2.24) is 15.2 Å². The summed E-state index contributed by atoms with van der Waals surface area (Å²) in [5.41, 5.74) is 3.04. The van der Waals surface area contributed by atoms with E-state index in [1.165, 1.54) is 12.8 Å². The molecular formula is C19H22N4O. The van der Waals surface area contributed by atoms with Gasteiger partial charge in [0.15, 0.2) is 0 Å². The fraction of sp³-hybridized carbons (Fsp3) is 0.368. The van der Waals surface area contributed by atoms with Crippen molar-refractivity contribution in [2.24, 2.45) is 0 Å². The van der Waals surface area contributed by atoms with Gasteiger partial charge in [-0.3, -0.25) is 5.10 Å². The van der Waals surface area contributed by atoms with Crippen LogP contribution in [-0.4, -0.2) is 34.4 Å². The molecule has 1 fully saturated rings. The van der Waals surface area contributed by atoms with E-state index >= 15 is 0 Å². The Balaban J connectivity index is 1.74. The molecule has 1 aliphatic heterocycles. The molecule has 2 aromatic heterocycles. The summed E-state index contributed by atoms with van der Waals surface area (Å²) in [6.45, 7) is 6.24. The highest BCUT2D eigenvalue weighted by atomic mass is 16.5. The Hall–Kier alpha value is -2.56. The van der Waals surface area contributed by atoms with Gasteiger partial charge in [0.05, 0.1) is 11.6 Å². The number of ether oxygens (including phenoxy) is 1. The average Bonchev–Trinajstić information content (AvgIpc) is 3.24. The van der Waals surface area contributed by atoms with Gasteiger partial charge in [0.1, 0.15) is 17.3 Å². The number of benzene rings is 1. The lowest BCUT2D eigenvalue weighted by Gasteiger charge is -2.16. The van der Waals surface area contributed by atoms with E-state index in [1.807, 2.05) is 38.2 Å². The summed E-state index contributed by atoms with van der Waals surface area (Å²) in [6.07, 6.45) is 4.51. The van der Waals surface area contributed by atoms with Gasteiger partial charge >= 0.3 is 0 Å². The van der Waals surface area contributed by atoms with Crippen molar-refractivity contribution < 1.29 is 4.74 Å². The zero-order valence-electron chi connectivity index (χ0n) is 14.1. The molecule has 0 spiro atoms. The number of nitrogens with one attached hydrogen (secondary N) is 1. The zero-order chi connectivity index (χ0) is 16.5. The summed E-state index contributed by atoms with van der Waals surface area (Å²) >= 11 is 0. The highest BCUT2D eigenvalue weighted by Crippen LogP contribution is 2.31. The summed E-state index contributed by atoms with van der Waals surface area (Å²) in [5, 5.41) is 8.72. The minimum Gasteiger partial charge on any atom is -0.491 e. The van der Waals surface area contributed by atoms with E-state index in [2.05, 4.69) is 32.2 Å². The van der Waals surface area contributed by atoms with Gasteiger partial charge in [-0.15, -0.1) is 0 Å². The largest absolute Gasteiger partial charge is 0.491 e. The Morgan fingerprint density at radius 1 is 1.12 bits per heavy atom. The van der Waals surface area contributed by atoms with Crippen LogP contribution in [0.15, 0.2) is 36.5 Å². The Morgan fingerprint density at radius 2 is 1.96 bits per heavy atom. The molecule has 3 aromatic rings. The fourth-order valence-corrected chi connectivity index (χ4v) is 3.24. The molecule has 5 heteroatoms. The Labute approximate surface area is 141 Å². The number of fused-ring (bicyclic) bond motifs is 1. The maximum atomic E-state index is 5.83. The number of hydrogen-bond donors (Lipinski definition) is 1. The number of hydrogen-bond acceptors (Lipinski definition) is 4. The predicted octanol–water partition coefficient (Wildman–Crippen LogP) is 4.01. The highest BCUT2D eigenvalue weighted by Gasteiger charge is 2.16. The maximum Gasteiger partial charge on any atom is 0.129 e. The van der Waals surface area contributed by atoms with Crippen molar-refractivity contribution in [2.45, 2.75) is 32.8 Å². The van der Waals surface area contributed by atoms with E-state index in [0.29, 0.717) is 0 Å². The van der Waals surface area contributed by atoms with Crippen LogP contribution in [0.25, 0.3) is 22.2 Å². The first-order valence-corrected chi connectivity index (χ1v) is 8.57. The van der Waals surface area contributed by atoms with E-state index < -0.39 is 0 Å². The third-order valence-electron chi connectivity index (χ3n) is 4.36. The van der Waals surface area contributed by atoms with E-state index in [-0.39, 0.29) is 6.10 Å². The molecule has 0 amide bonds. The third-order valence-corrected chi connectivity index (χ3v) is 4.36. The molecule has 5 nitrogen and oxygen atoms in total. The number of rotatable bonds is 4. The monoisotopic (exact) mass is 322 g/mol. The minimum absolute atomic E-state index is 0.153. The minimum atomic E-state index is 0.153. The molecule has 24 heavy (non-hydrogen) atoms. The van der Waals surface area contributed by atoms with Gasteiger partial charge in [0, 0.05) is 30.2 Å². The molecule has 0 aliphatic carbocycles. The first kappa shape index (κ1) is 15.0. The van der Waals surface area contributed by atoms with E-state index in [0.717, 1.165) is 46.8 Å². The number of aromatic amines is 1. The Kier molecular flexibility index (Phi) is 3.84. The van der Waals surface area contributed by atoms with Gasteiger partial charge in [0.2, 0.25) is 0 Å². The molecule has 1 N–H and O–H groups in total. The van der Waals surface area contributed by atoms with Crippen LogP contribution in [0.2, 0.25) is 0 Å². The quantitative estimate of drug-likeness (QED) is 0.788. The second-order valence-electron chi connectivity index (χ2n) is 6.54. The molecule has 0 radical (unpaired) electrons. The van der Waals surface area contributed by atoms with E-state index in [9.17, 15) is 0 Å². The second kappa shape index (κ2) is 6.15. The molecule has 124 valence electrons. The predicted molar refractivity (Wildman–Crippen MR) is 96.5 cm³/mol. The number of nitrogens with zero attached hydrogens (tertiary/aromatic N) is 3. The molecule has 0 atom stereocenters. The lowest BCUT2D eigenvalue weighted by molar-refractivity contribution is 0.243. The first-order chi connectivity index (χ1) is 11.7. The maximum absolute atomic E-state index is 5.83. The number of pyridine rings is 1. The Morgan fingerprint density at radius 3 is 2.75 bits per heavy atom. The zero-order valence-corrected chi connectivity index (χ0v) is 14.1. The van der Waals surface area contributed by atoms with Gasteiger partial charge in [0.25, 0.3) is 0 Å². The van der Waals surface area contributed by atoms with Crippen LogP contribution in [0.4, 0.5) is 5.82 Å². The lowest BCUT2D eigenvalue weighted by atomic mass is 10.1. The second-order valence-corrected chi connectivity index (χ2v) is 6.54. The molecular weight excluding hydrogens is 300 g/mol. The van der Waals surface area contributed by atoms with E-state index in [4.69, 9.17) is 4.74 Å². The molecule has 0 saturated carbocycles. The SMILES string of the molecule is CC(C)Oc1ccc2[nH]nc(-c3ccnc(N4CCCC4)c3)c2c1. The van der Waals surface area contributed by atoms with Crippen LogP contribution < -0.4 is 9.64 Å². The van der Waals surface area contributed by atoms with Crippen molar-refractivity contribution in [1.29, 1.82) is 0 Å². The van der Waals surface area contributed by atoms with Crippen LogP contribution >= 0.6 is 0 Å². The summed E-state index contributed by atoms with van der Waals surface area (Å²) in [6, 6.07) is 10.2. The first-order valence-electron chi connectivity index (χ1n) is 8.57. The standard InChI is InChI=1S/C19H22N4O/c1-13(2)24-15-5-6-17-16(12-15)19(22-21-17)14-7-8-20-18(11-14)23-9-3-4-10-23/h5-8,11-13H,3-4,9-10H2,1-2H3,(H,21,22). The van der Waals surface area contributed by atoms with Crippen LogP contribution in [0.5, 0.6) is 5.75 Å². The van der Waals surface area contributed by atoms with Gasteiger partial charge in [-0.1, -0.05) is 0 Å². The molecule has 1 aliphatic rings. The average molecular weight is 322 g/mol. The molecule has 1 saturated heterocycles. The molecule has 0 bridgehead atoms. The topological polar surface area (TPSA) is 54.0 Å². The van der Waals surface area contributed by atoms with Crippen LogP contribution in [0, 0.1) is 0 Å². The van der Waals surface area contributed by atoms with E-state index in [1.54, 1.807) is 0 Å². The van der Waals surface area contributed by atoms with Gasteiger partial charge in [-0.2, -0.15) is 5.10 Å². The van der Waals surface area contributed by atoms with Crippen molar-refractivity contribution >= 4 is 16.7 Å². The van der Waals surface area contributed by atoms with Gasteiger partial charge in [-0.25, -0.2) is 4.98 Å². The fourth-order valence-electron chi connectivity index (χ4n) is 3.24. The molecule has 4 rings (SSSR count). The van der Waals surface area contributed by atoms with Crippen molar-refractivity contribution in [3.63, 3.8) is 0 Å².